The van der Waals surface area contributed by atoms with Gasteiger partial charge in [0, 0.05) is 5.92 Å². The van der Waals surface area contributed by atoms with Crippen LogP contribution >= 0.6 is 0 Å². The molecule has 0 aromatic heterocycles. The molecule has 96 valence electrons. The summed E-state index contributed by atoms with van der Waals surface area (Å²) in [6, 6.07) is 8.09. The molecule has 18 heavy (non-hydrogen) atoms. The number of hydrogen-bond acceptors (Lipinski definition) is 3. The number of benzene rings is 1. The largest absolute Gasteiger partial charge is 0.468 e. The maximum Gasteiger partial charge on any atom is 0.316 e. The molecular weight excluding hydrogens is 228 g/mol. The van der Waals surface area contributed by atoms with Crippen LogP contribution in [-0.2, 0) is 27.2 Å². The van der Waals surface area contributed by atoms with Crippen LogP contribution in [0.4, 0.5) is 0 Å². The van der Waals surface area contributed by atoms with Crippen molar-refractivity contribution in [2.45, 2.75) is 26.2 Å². The fourth-order valence-electron chi connectivity index (χ4n) is 2.67. The molecule has 0 fully saturated rings. The second-order valence-electron chi connectivity index (χ2n) is 4.76. The van der Waals surface area contributed by atoms with Crippen molar-refractivity contribution in [1.82, 2.24) is 0 Å². The first-order valence-corrected chi connectivity index (χ1v) is 6.35. The van der Waals surface area contributed by atoms with Crippen LogP contribution in [0.5, 0.6) is 0 Å². The van der Waals surface area contributed by atoms with Gasteiger partial charge in [0.15, 0.2) is 5.78 Å². The van der Waals surface area contributed by atoms with Gasteiger partial charge >= 0.3 is 5.97 Å². The number of carbonyl (C=O) groups excluding carboxylic acids is 2. The van der Waals surface area contributed by atoms with E-state index in [1.54, 1.807) is 0 Å². The number of ether oxygens (including phenoxy) is 1. The maximum absolute atomic E-state index is 12.3. The monoisotopic (exact) mass is 246 g/mol. The molecule has 0 saturated heterocycles. The zero-order valence-electron chi connectivity index (χ0n) is 10.8. The van der Waals surface area contributed by atoms with Crippen LogP contribution in [0.2, 0.25) is 0 Å². The Morgan fingerprint density at radius 3 is 2.28 bits per heavy atom. The first-order valence-electron chi connectivity index (χ1n) is 6.35. The van der Waals surface area contributed by atoms with Crippen molar-refractivity contribution in [1.29, 1.82) is 0 Å². The molecule has 0 spiro atoms. The van der Waals surface area contributed by atoms with Gasteiger partial charge in [-0.15, -0.1) is 0 Å². The summed E-state index contributed by atoms with van der Waals surface area (Å²) >= 11 is 0. The van der Waals surface area contributed by atoms with E-state index >= 15 is 0 Å². The minimum absolute atomic E-state index is 0.0283. The Balaban J connectivity index is 2.11. The van der Waals surface area contributed by atoms with E-state index in [9.17, 15) is 9.59 Å². The lowest BCUT2D eigenvalue weighted by Gasteiger charge is -2.15. The summed E-state index contributed by atoms with van der Waals surface area (Å²) in [7, 11) is 1.33. The van der Waals surface area contributed by atoms with E-state index in [-0.39, 0.29) is 11.7 Å². The minimum atomic E-state index is -0.602. The Morgan fingerprint density at radius 1 is 1.28 bits per heavy atom. The van der Waals surface area contributed by atoms with Crippen molar-refractivity contribution in [2.24, 2.45) is 11.8 Å². The van der Waals surface area contributed by atoms with Gasteiger partial charge in [-0.1, -0.05) is 31.2 Å². The van der Waals surface area contributed by atoms with Gasteiger partial charge in [-0.2, -0.15) is 0 Å². The Kier molecular flexibility index (Phi) is 3.80. The number of Topliss-reactive ketones (excluding diaryl/α,β-unsaturated/α-hetero) is 1. The summed E-state index contributed by atoms with van der Waals surface area (Å²) in [5, 5.41) is 0. The smallest absolute Gasteiger partial charge is 0.316 e. The lowest BCUT2D eigenvalue weighted by molar-refractivity contribution is -0.150. The molecule has 0 saturated carbocycles. The molecule has 0 radical (unpaired) electrons. The van der Waals surface area contributed by atoms with E-state index in [1.807, 2.05) is 19.1 Å². The average molecular weight is 246 g/mol. The lowest BCUT2D eigenvalue weighted by Crippen LogP contribution is -2.30. The molecule has 1 aromatic rings. The fraction of sp³-hybridized carbons (Fsp3) is 0.467. The standard InChI is InChI=1S/C15H18O3/c1-3-13(15(17)18-2)14(16)12-8-10-6-4-5-7-11(10)9-12/h4-7,12-13H,3,8-9H2,1-2H3. The highest BCUT2D eigenvalue weighted by Crippen LogP contribution is 2.29. The Labute approximate surface area is 107 Å². The number of ketones is 1. The quantitative estimate of drug-likeness (QED) is 0.604. The van der Waals surface area contributed by atoms with Gasteiger partial charge in [0.1, 0.15) is 5.92 Å². The topological polar surface area (TPSA) is 43.4 Å². The molecule has 3 nitrogen and oxygen atoms in total. The van der Waals surface area contributed by atoms with Crippen LogP contribution < -0.4 is 0 Å². The van der Waals surface area contributed by atoms with Crippen molar-refractivity contribution in [3.63, 3.8) is 0 Å². The van der Waals surface area contributed by atoms with E-state index in [4.69, 9.17) is 4.74 Å². The minimum Gasteiger partial charge on any atom is -0.468 e. The van der Waals surface area contributed by atoms with Gasteiger partial charge in [0.05, 0.1) is 7.11 Å². The fourth-order valence-corrected chi connectivity index (χ4v) is 2.67. The van der Waals surface area contributed by atoms with Crippen LogP contribution in [0.25, 0.3) is 0 Å². The first-order chi connectivity index (χ1) is 8.67. The normalized spacial score (nSPS) is 16.1. The Hall–Kier alpha value is -1.64. The molecule has 0 heterocycles. The summed E-state index contributed by atoms with van der Waals surface area (Å²) in [5.74, 6) is -1.04. The molecule has 0 aliphatic heterocycles. The van der Waals surface area contributed by atoms with E-state index in [1.165, 1.54) is 18.2 Å². The molecule has 1 aromatic carbocycles. The van der Waals surface area contributed by atoms with Gasteiger partial charge in [-0.05, 0) is 30.4 Å². The zero-order valence-corrected chi connectivity index (χ0v) is 10.8. The van der Waals surface area contributed by atoms with Gasteiger partial charge in [0.25, 0.3) is 0 Å². The summed E-state index contributed by atoms with van der Waals surface area (Å²) in [6.45, 7) is 1.85. The SMILES string of the molecule is CCC(C(=O)OC)C(=O)C1Cc2ccccc2C1. The van der Waals surface area contributed by atoms with Gasteiger partial charge in [-0.25, -0.2) is 0 Å². The van der Waals surface area contributed by atoms with E-state index in [2.05, 4.69) is 12.1 Å². The summed E-state index contributed by atoms with van der Waals surface area (Å²) in [6.07, 6.45) is 2.02. The number of rotatable bonds is 4. The molecule has 0 N–H and O–H groups in total. The number of carbonyl (C=O) groups is 2. The number of esters is 1. The molecule has 2 rings (SSSR count). The van der Waals surface area contributed by atoms with Crippen molar-refractivity contribution < 1.29 is 14.3 Å². The van der Waals surface area contributed by atoms with E-state index < -0.39 is 11.9 Å². The van der Waals surface area contributed by atoms with E-state index in [0.717, 1.165) is 12.8 Å². The van der Waals surface area contributed by atoms with Gasteiger partial charge in [0.2, 0.25) is 0 Å². The van der Waals surface area contributed by atoms with Gasteiger partial charge in [-0.3, -0.25) is 9.59 Å². The third kappa shape index (κ3) is 2.30. The van der Waals surface area contributed by atoms with Crippen molar-refractivity contribution in [2.75, 3.05) is 7.11 Å². The molecule has 0 bridgehead atoms. The van der Waals surface area contributed by atoms with Crippen molar-refractivity contribution >= 4 is 11.8 Å². The van der Waals surface area contributed by atoms with Crippen LogP contribution in [0.3, 0.4) is 0 Å². The summed E-state index contributed by atoms with van der Waals surface area (Å²) in [4.78, 5) is 23.9. The second kappa shape index (κ2) is 5.34. The highest BCUT2D eigenvalue weighted by molar-refractivity contribution is 6.00. The predicted octanol–water partition coefficient (Wildman–Crippen LogP) is 2.17. The molecule has 1 aliphatic rings. The van der Waals surface area contributed by atoms with Crippen LogP contribution in [0, 0.1) is 11.8 Å². The summed E-state index contributed by atoms with van der Waals surface area (Å²) < 4.78 is 4.70. The summed E-state index contributed by atoms with van der Waals surface area (Å²) in [5.41, 5.74) is 2.46. The Bertz CT molecular complexity index is 440. The molecule has 1 unspecified atom stereocenters. The van der Waals surface area contributed by atoms with Crippen molar-refractivity contribution in [3.8, 4) is 0 Å². The molecule has 3 heteroatoms. The Morgan fingerprint density at radius 2 is 1.83 bits per heavy atom. The zero-order chi connectivity index (χ0) is 13.1. The van der Waals surface area contributed by atoms with Gasteiger partial charge < -0.3 is 4.74 Å². The molecular formula is C15H18O3. The number of fused-ring (bicyclic) bond motifs is 1. The molecule has 1 aliphatic carbocycles. The highest BCUT2D eigenvalue weighted by atomic mass is 16.5. The van der Waals surface area contributed by atoms with Crippen LogP contribution in [0.1, 0.15) is 24.5 Å². The first kappa shape index (κ1) is 12.8. The predicted molar refractivity (Wildman–Crippen MR) is 68.1 cm³/mol. The second-order valence-corrected chi connectivity index (χ2v) is 4.76. The average Bonchev–Trinajstić information content (AvgIpc) is 2.82. The molecule has 0 amide bonds. The van der Waals surface area contributed by atoms with Crippen LogP contribution in [0.15, 0.2) is 24.3 Å². The lowest BCUT2D eigenvalue weighted by atomic mass is 9.89. The number of methoxy groups -OCH3 is 1. The molecule has 1 atom stereocenters. The van der Waals surface area contributed by atoms with E-state index in [0.29, 0.717) is 6.42 Å². The number of hydrogen-bond donors (Lipinski definition) is 0. The maximum atomic E-state index is 12.3. The third-order valence-electron chi connectivity index (χ3n) is 3.69. The highest BCUT2D eigenvalue weighted by Gasteiger charge is 2.35. The van der Waals surface area contributed by atoms with Crippen molar-refractivity contribution in [3.05, 3.63) is 35.4 Å². The van der Waals surface area contributed by atoms with Crippen LogP contribution in [-0.4, -0.2) is 18.9 Å². The third-order valence-corrected chi connectivity index (χ3v) is 3.69.